The molecular weight excluding hydrogens is 273 g/mol. The Morgan fingerprint density at radius 3 is 2.65 bits per heavy atom. The first-order chi connectivity index (χ1) is 9.40. The lowest BCUT2D eigenvalue weighted by Gasteiger charge is -2.35. The fourth-order valence-corrected chi connectivity index (χ4v) is 1.55. The van der Waals surface area contributed by atoms with Crippen LogP contribution in [0.3, 0.4) is 0 Å². The minimum Gasteiger partial charge on any atom is -0.393 e. The number of alkyl halides is 1. The van der Waals surface area contributed by atoms with Gasteiger partial charge in [-0.05, 0) is 13.0 Å². The standard InChI is InChI=1S/C11H18FN3O5/c1-7(18)11(5-12,6-17)20-9(4-16)15-3-2-8(13)14-10(15)19/h2-3,7,9,16-18H,4-6H2,1H3,(H2,13,14,19)/t7-,9+,11+/m0/s1. The van der Waals surface area contributed by atoms with E-state index in [2.05, 4.69) is 4.98 Å². The molecule has 0 aromatic carbocycles. The molecule has 0 aliphatic carbocycles. The Bertz CT molecular complexity index is 489. The predicted octanol–water partition coefficient (Wildman–Crippen LogP) is -1.59. The number of aliphatic hydroxyl groups excluding tert-OH is 3. The SMILES string of the molecule is C[C@H](O)[C@](CO)(CF)O[C@H](CO)n1ccc(N)nc1=O. The van der Waals surface area contributed by atoms with E-state index in [1.807, 2.05) is 0 Å². The normalized spacial score (nSPS) is 17.4. The molecule has 0 aliphatic heterocycles. The number of anilines is 1. The second kappa shape index (κ2) is 6.75. The van der Waals surface area contributed by atoms with Gasteiger partial charge in [-0.25, -0.2) is 9.18 Å². The third-order valence-electron chi connectivity index (χ3n) is 2.94. The lowest BCUT2D eigenvalue weighted by Crippen LogP contribution is -2.51. The summed E-state index contributed by atoms with van der Waals surface area (Å²) in [4.78, 5) is 15.1. The summed E-state index contributed by atoms with van der Waals surface area (Å²) in [5.74, 6) is -0.0163. The quantitative estimate of drug-likeness (QED) is 0.476. The van der Waals surface area contributed by atoms with Crippen LogP contribution in [0.2, 0.25) is 0 Å². The third kappa shape index (κ3) is 3.31. The molecule has 0 radical (unpaired) electrons. The summed E-state index contributed by atoms with van der Waals surface area (Å²) in [7, 11) is 0. The fourth-order valence-electron chi connectivity index (χ4n) is 1.55. The number of rotatable bonds is 7. The molecule has 1 heterocycles. The van der Waals surface area contributed by atoms with Gasteiger partial charge in [0.05, 0.1) is 19.3 Å². The second-order valence-corrected chi connectivity index (χ2v) is 4.33. The summed E-state index contributed by atoms with van der Waals surface area (Å²) in [5.41, 5.74) is 2.59. The first-order valence-corrected chi connectivity index (χ1v) is 5.88. The van der Waals surface area contributed by atoms with Crippen LogP contribution in [0, 0.1) is 0 Å². The molecule has 0 fully saturated rings. The van der Waals surface area contributed by atoms with Gasteiger partial charge < -0.3 is 25.8 Å². The average Bonchev–Trinajstić information content (AvgIpc) is 2.41. The number of nitrogens with zero attached hydrogens (tertiary/aromatic N) is 2. The fraction of sp³-hybridized carbons (Fsp3) is 0.636. The van der Waals surface area contributed by atoms with E-state index in [-0.39, 0.29) is 5.82 Å². The number of halogens is 1. The van der Waals surface area contributed by atoms with Crippen molar-refractivity contribution in [3.63, 3.8) is 0 Å². The summed E-state index contributed by atoms with van der Waals surface area (Å²) in [6, 6.07) is 1.30. The van der Waals surface area contributed by atoms with Crippen LogP contribution < -0.4 is 11.4 Å². The number of aliphatic hydroxyl groups is 3. The topological polar surface area (TPSA) is 131 Å². The van der Waals surface area contributed by atoms with Gasteiger partial charge in [0.1, 0.15) is 18.1 Å². The highest BCUT2D eigenvalue weighted by molar-refractivity contribution is 5.23. The van der Waals surface area contributed by atoms with Gasteiger partial charge in [0, 0.05) is 6.20 Å². The zero-order valence-electron chi connectivity index (χ0n) is 10.9. The smallest absolute Gasteiger partial charge is 0.351 e. The monoisotopic (exact) mass is 291 g/mol. The molecule has 114 valence electrons. The maximum atomic E-state index is 13.1. The van der Waals surface area contributed by atoms with Crippen molar-refractivity contribution in [2.24, 2.45) is 0 Å². The highest BCUT2D eigenvalue weighted by Crippen LogP contribution is 2.23. The molecular formula is C11H18FN3O5. The Morgan fingerprint density at radius 2 is 2.25 bits per heavy atom. The van der Waals surface area contributed by atoms with Crippen LogP contribution in [0.15, 0.2) is 17.1 Å². The number of hydrogen-bond acceptors (Lipinski definition) is 7. The van der Waals surface area contributed by atoms with E-state index in [0.29, 0.717) is 0 Å². The molecule has 0 amide bonds. The maximum absolute atomic E-state index is 13.1. The summed E-state index contributed by atoms with van der Waals surface area (Å²) in [5, 5.41) is 28.0. The van der Waals surface area contributed by atoms with E-state index in [1.165, 1.54) is 19.2 Å². The van der Waals surface area contributed by atoms with Crippen molar-refractivity contribution >= 4 is 5.82 Å². The molecule has 3 atom stereocenters. The van der Waals surface area contributed by atoms with Crippen molar-refractivity contribution in [3.8, 4) is 0 Å². The van der Waals surface area contributed by atoms with Gasteiger partial charge in [-0.3, -0.25) is 4.57 Å². The number of aromatic nitrogens is 2. The van der Waals surface area contributed by atoms with Crippen molar-refractivity contribution in [1.29, 1.82) is 0 Å². The molecule has 1 aromatic rings. The average molecular weight is 291 g/mol. The van der Waals surface area contributed by atoms with Gasteiger partial charge in [-0.15, -0.1) is 0 Å². The van der Waals surface area contributed by atoms with Crippen LogP contribution in [0.25, 0.3) is 0 Å². The van der Waals surface area contributed by atoms with Crippen molar-refractivity contribution in [2.75, 3.05) is 25.6 Å². The van der Waals surface area contributed by atoms with Crippen molar-refractivity contribution < 1.29 is 24.4 Å². The van der Waals surface area contributed by atoms with E-state index in [0.717, 1.165) is 4.57 Å². The predicted molar refractivity (Wildman–Crippen MR) is 67.6 cm³/mol. The van der Waals surface area contributed by atoms with E-state index in [4.69, 9.17) is 10.5 Å². The van der Waals surface area contributed by atoms with E-state index in [9.17, 15) is 24.5 Å². The van der Waals surface area contributed by atoms with Gasteiger partial charge >= 0.3 is 5.69 Å². The van der Waals surface area contributed by atoms with E-state index in [1.54, 1.807) is 0 Å². The second-order valence-electron chi connectivity index (χ2n) is 4.33. The van der Waals surface area contributed by atoms with Gasteiger partial charge in [-0.1, -0.05) is 0 Å². The van der Waals surface area contributed by atoms with Crippen LogP contribution in [0.1, 0.15) is 13.2 Å². The minimum absolute atomic E-state index is 0.0163. The highest BCUT2D eigenvalue weighted by Gasteiger charge is 2.39. The number of nitrogens with two attached hydrogens (primary N) is 1. The summed E-state index contributed by atoms with van der Waals surface area (Å²) < 4.78 is 19.2. The van der Waals surface area contributed by atoms with Crippen molar-refractivity contribution in [3.05, 3.63) is 22.7 Å². The molecule has 1 rings (SSSR count). The number of ether oxygens (including phenoxy) is 1. The molecule has 0 aliphatic rings. The Balaban J connectivity index is 3.10. The lowest BCUT2D eigenvalue weighted by atomic mass is 10.0. The molecule has 0 saturated heterocycles. The Labute approximate surface area is 114 Å². The number of hydrogen-bond donors (Lipinski definition) is 4. The maximum Gasteiger partial charge on any atom is 0.351 e. The first-order valence-electron chi connectivity index (χ1n) is 5.88. The Morgan fingerprint density at radius 1 is 1.60 bits per heavy atom. The lowest BCUT2D eigenvalue weighted by molar-refractivity contribution is -0.208. The van der Waals surface area contributed by atoms with Gasteiger partial charge in [0.15, 0.2) is 6.23 Å². The number of nitrogen functional groups attached to an aromatic ring is 1. The minimum atomic E-state index is -1.94. The Hall–Kier alpha value is -1.55. The van der Waals surface area contributed by atoms with Crippen LogP contribution in [0.4, 0.5) is 10.2 Å². The molecule has 9 heteroatoms. The third-order valence-corrected chi connectivity index (χ3v) is 2.94. The van der Waals surface area contributed by atoms with Gasteiger partial charge in [0.2, 0.25) is 0 Å². The molecule has 0 bridgehead atoms. The van der Waals surface area contributed by atoms with Crippen LogP contribution in [-0.4, -0.2) is 56.5 Å². The highest BCUT2D eigenvalue weighted by atomic mass is 19.1. The largest absolute Gasteiger partial charge is 0.393 e. The van der Waals surface area contributed by atoms with E-state index >= 15 is 0 Å². The van der Waals surface area contributed by atoms with Gasteiger partial charge in [0.25, 0.3) is 0 Å². The van der Waals surface area contributed by atoms with Crippen molar-refractivity contribution in [1.82, 2.24) is 9.55 Å². The van der Waals surface area contributed by atoms with Crippen molar-refractivity contribution in [2.45, 2.75) is 24.9 Å². The van der Waals surface area contributed by atoms with Gasteiger partial charge in [-0.2, -0.15) is 4.98 Å². The zero-order valence-corrected chi connectivity index (χ0v) is 10.9. The molecule has 20 heavy (non-hydrogen) atoms. The zero-order chi connectivity index (χ0) is 15.3. The molecule has 5 N–H and O–H groups in total. The molecule has 8 nitrogen and oxygen atoms in total. The molecule has 0 saturated carbocycles. The summed E-state index contributed by atoms with van der Waals surface area (Å²) >= 11 is 0. The summed E-state index contributed by atoms with van der Waals surface area (Å²) in [6.07, 6.45) is -1.45. The van der Waals surface area contributed by atoms with Crippen LogP contribution in [0.5, 0.6) is 0 Å². The summed E-state index contributed by atoms with van der Waals surface area (Å²) in [6.45, 7) is -1.47. The molecule has 0 spiro atoms. The molecule has 0 unspecified atom stereocenters. The first kappa shape index (κ1) is 16.5. The molecule has 1 aromatic heterocycles. The van der Waals surface area contributed by atoms with Crippen LogP contribution >= 0.6 is 0 Å². The van der Waals surface area contributed by atoms with Crippen LogP contribution in [-0.2, 0) is 4.74 Å². The Kier molecular flexibility index (Phi) is 5.57. The van der Waals surface area contributed by atoms with E-state index < -0.39 is 43.5 Å².